The van der Waals surface area contributed by atoms with E-state index in [-0.39, 0.29) is 11.7 Å². The number of benzene rings is 1. The van der Waals surface area contributed by atoms with Gasteiger partial charge in [0.1, 0.15) is 11.4 Å². The maximum atomic E-state index is 12.5. The number of carbonyl (C=O) groups is 1. The Bertz CT molecular complexity index is 670. The summed E-state index contributed by atoms with van der Waals surface area (Å²) < 4.78 is 0. The third kappa shape index (κ3) is 2.30. The molecule has 0 radical (unpaired) electrons. The number of nitrogens with zero attached hydrogens (tertiary/aromatic N) is 2. The minimum Gasteiger partial charge on any atom is -0.309 e. The first-order valence-electron chi connectivity index (χ1n) is 6.28. The molecule has 1 aliphatic rings. The molecule has 0 spiro atoms. The Hall–Kier alpha value is -2.20. The van der Waals surface area contributed by atoms with Crippen LogP contribution in [0.15, 0.2) is 53.8 Å². The van der Waals surface area contributed by atoms with Gasteiger partial charge in [0.05, 0.1) is 5.92 Å². The minimum atomic E-state index is -0.166. The van der Waals surface area contributed by atoms with Crippen LogP contribution in [0.25, 0.3) is 0 Å². The van der Waals surface area contributed by atoms with E-state index in [1.807, 2.05) is 24.3 Å². The summed E-state index contributed by atoms with van der Waals surface area (Å²) in [5, 5.41) is 4.77. The predicted molar refractivity (Wildman–Crippen MR) is 78.2 cm³/mol. The van der Waals surface area contributed by atoms with E-state index >= 15 is 0 Å². The molecule has 1 aromatic carbocycles. The van der Waals surface area contributed by atoms with Crippen LogP contribution in [0.2, 0.25) is 5.02 Å². The molecule has 5 heteroatoms. The predicted octanol–water partition coefficient (Wildman–Crippen LogP) is 2.66. The monoisotopic (exact) mass is 285 g/mol. The Balaban J connectivity index is 1.94. The highest BCUT2D eigenvalue weighted by Gasteiger charge is 2.31. The van der Waals surface area contributed by atoms with E-state index in [0.717, 1.165) is 5.56 Å². The van der Waals surface area contributed by atoms with Crippen LogP contribution in [0.3, 0.4) is 0 Å². The van der Waals surface area contributed by atoms with Gasteiger partial charge in [0.15, 0.2) is 0 Å². The zero-order chi connectivity index (χ0) is 13.9. The average molecular weight is 286 g/mol. The summed E-state index contributed by atoms with van der Waals surface area (Å²) in [7, 11) is 0. The minimum absolute atomic E-state index is 0.141. The van der Waals surface area contributed by atoms with Crippen molar-refractivity contribution in [3.63, 3.8) is 0 Å². The first kappa shape index (κ1) is 12.8. The topological polar surface area (TPSA) is 54.4 Å². The van der Waals surface area contributed by atoms with E-state index in [1.165, 1.54) is 0 Å². The third-order valence-electron chi connectivity index (χ3n) is 3.24. The number of aromatic nitrogens is 1. The van der Waals surface area contributed by atoms with Crippen molar-refractivity contribution in [2.24, 2.45) is 5.10 Å². The van der Waals surface area contributed by atoms with Crippen molar-refractivity contribution in [1.29, 1.82) is 0 Å². The number of hydrogen-bond donors (Lipinski definition) is 1. The molecule has 1 N–H and O–H groups in total. The number of hydrazone groups is 1. The Morgan fingerprint density at radius 3 is 2.75 bits per heavy atom. The van der Waals surface area contributed by atoms with Crippen LogP contribution in [-0.4, -0.2) is 23.0 Å². The number of ketones is 1. The van der Waals surface area contributed by atoms with Gasteiger partial charge in [-0.25, -0.2) is 0 Å². The van der Waals surface area contributed by atoms with Crippen molar-refractivity contribution >= 4 is 23.1 Å². The molecule has 1 aromatic heterocycles. The number of halogens is 1. The van der Waals surface area contributed by atoms with Crippen molar-refractivity contribution < 1.29 is 4.79 Å². The van der Waals surface area contributed by atoms with Gasteiger partial charge in [0.25, 0.3) is 0 Å². The molecule has 1 aliphatic heterocycles. The van der Waals surface area contributed by atoms with Crippen LogP contribution in [0.5, 0.6) is 0 Å². The molecular formula is C15H12ClN3O. The van der Waals surface area contributed by atoms with Crippen LogP contribution in [0.4, 0.5) is 0 Å². The summed E-state index contributed by atoms with van der Waals surface area (Å²) >= 11 is 6.21. The fourth-order valence-corrected chi connectivity index (χ4v) is 2.52. The van der Waals surface area contributed by atoms with Crippen LogP contribution < -0.4 is 5.43 Å². The zero-order valence-electron chi connectivity index (χ0n) is 10.6. The lowest BCUT2D eigenvalue weighted by molar-refractivity contribution is 0.105. The van der Waals surface area contributed by atoms with Gasteiger partial charge < -0.3 is 5.43 Å². The molecule has 3 rings (SSSR count). The fraction of sp³-hybridized carbons (Fsp3) is 0.133. The zero-order valence-corrected chi connectivity index (χ0v) is 11.3. The summed E-state index contributed by atoms with van der Waals surface area (Å²) in [6.07, 6.45) is 1.60. The van der Waals surface area contributed by atoms with Gasteiger partial charge in [-0.1, -0.05) is 35.9 Å². The number of hydrogen-bond acceptors (Lipinski definition) is 4. The maximum absolute atomic E-state index is 12.5. The van der Waals surface area contributed by atoms with E-state index in [0.29, 0.717) is 23.0 Å². The summed E-state index contributed by atoms with van der Waals surface area (Å²) in [4.78, 5) is 16.5. The molecule has 2 heterocycles. The van der Waals surface area contributed by atoms with Gasteiger partial charge in [0.2, 0.25) is 5.78 Å². The van der Waals surface area contributed by atoms with E-state index in [4.69, 9.17) is 11.6 Å². The molecule has 0 amide bonds. The molecule has 0 aliphatic carbocycles. The van der Waals surface area contributed by atoms with Crippen molar-refractivity contribution in [3.05, 3.63) is 64.9 Å². The molecule has 0 bridgehead atoms. The summed E-state index contributed by atoms with van der Waals surface area (Å²) in [5.41, 5.74) is 4.64. The third-order valence-corrected chi connectivity index (χ3v) is 3.58. The molecule has 1 atom stereocenters. The van der Waals surface area contributed by atoms with Gasteiger partial charge in [-0.15, -0.1) is 0 Å². The Labute approximate surface area is 121 Å². The van der Waals surface area contributed by atoms with Crippen LogP contribution in [-0.2, 0) is 0 Å². The lowest BCUT2D eigenvalue weighted by Crippen LogP contribution is -2.22. The normalized spacial score (nSPS) is 17.4. The molecule has 2 aromatic rings. The summed E-state index contributed by atoms with van der Waals surface area (Å²) in [6.45, 7) is 0.567. The van der Waals surface area contributed by atoms with Crippen molar-refractivity contribution in [3.8, 4) is 0 Å². The lowest BCUT2D eigenvalue weighted by Gasteiger charge is -2.12. The number of carbonyl (C=O) groups excluding carboxylic acids is 1. The second kappa shape index (κ2) is 5.43. The van der Waals surface area contributed by atoms with Crippen LogP contribution >= 0.6 is 11.6 Å². The van der Waals surface area contributed by atoms with Gasteiger partial charge in [-0.05, 0) is 23.8 Å². The molecule has 20 heavy (non-hydrogen) atoms. The summed E-state index contributed by atoms with van der Waals surface area (Å²) in [5.74, 6) is -0.307. The van der Waals surface area contributed by atoms with E-state index in [1.54, 1.807) is 24.4 Å². The first-order valence-corrected chi connectivity index (χ1v) is 6.66. The first-order chi connectivity index (χ1) is 9.77. The molecule has 0 fully saturated rings. The van der Waals surface area contributed by atoms with E-state index < -0.39 is 0 Å². The molecular weight excluding hydrogens is 274 g/mol. The van der Waals surface area contributed by atoms with Gasteiger partial charge in [0, 0.05) is 17.8 Å². The second-order valence-electron chi connectivity index (χ2n) is 4.48. The highest BCUT2D eigenvalue weighted by molar-refractivity contribution is 6.48. The highest BCUT2D eigenvalue weighted by atomic mass is 35.5. The largest absolute Gasteiger partial charge is 0.309 e. The number of Topliss-reactive ketones (excluding diaryl/α,β-unsaturated/α-hetero) is 1. The number of rotatable bonds is 3. The molecule has 0 saturated carbocycles. The second-order valence-corrected chi connectivity index (χ2v) is 4.88. The van der Waals surface area contributed by atoms with E-state index in [2.05, 4.69) is 15.5 Å². The Morgan fingerprint density at radius 2 is 2.00 bits per heavy atom. The molecule has 4 nitrogen and oxygen atoms in total. The van der Waals surface area contributed by atoms with Gasteiger partial charge in [-0.2, -0.15) is 5.10 Å². The quantitative estimate of drug-likeness (QED) is 0.882. The molecule has 0 saturated heterocycles. The van der Waals surface area contributed by atoms with Crippen molar-refractivity contribution in [1.82, 2.24) is 10.4 Å². The smallest absolute Gasteiger partial charge is 0.227 e. The average Bonchev–Trinajstić information content (AvgIpc) is 2.97. The van der Waals surface area contributed by atoms with E-state index in [9.17, 15) is 4.79 Å². The lowest BCUT2D eigenvalue weighted by atomic mass is 9.91. The molecule has 100 valence electrons. The summed E-state index contributed by atoms with van der Waals surface area (Å²) in [6, 6.07) is 12.8. The Kier molecular flexibility index (Phi) is 3.48. The highest BCUT2D eigenvalue weighted by Crippen LogP contribution is 2.28. The van der Waals surface area contributed by atoms with Crippen LogP contribution in [0.1, 0.15) is 22.0 Å². The Morgan fingerprint density at radius 1 is 1.20 bits per heavy atom. The fourth-order valence-electron chi connectivity index (χ4n) is 2.25. The maximum Gasteiger partial charge on any atom is 0.227 e. The van der Waals surface area contributed by atoms with Crippen molar-refractivity contribution in [2.45, 2.75) is 5.92 Å². The molecule has 0 unspecified atom stereocenters. The van der Waals surface area contributed by atoms with Crippen molar-refractivity contribution in [2.75, 3.05) is 6.54 Å². The standard InChI is InChI=1S/C15H12ClN3O/c16-12-6-2-1-5-10(12)11-9-18-19-14(11)15(20)13-7-3-4-8-17-13/h1-8,11,18H,9H2/t11-/m0/s1. The van der Waals surface area contributed by atoms with Gasteiger partial charge >= 0.3 is 0 Å². The van der Waals surface area contributed by atoms with Crippen LogP contribution in [0, 0.1) is 0 Å². The SMILES string of the molecule is O=C(C1=NNC[C@H]1c1ccccc1Cl)c1ccccn1. The number of nitrogens with one attached hydrogen (secondary N) is 1. The number of pyridine rings is 1. The van der Waals surface area contributed by atoms with Gasteiger partial charge in [-0.3, -0.25) is 9.78 Å².